The predicted octanol–water partition coefficient (Wildman–Crippen LogP) is 8.26. The number of alkyl halides is 27. The molecule has 0 bridgehead atoms. The fourth-order valence-electron chi connectivity index (χ4n) is 2.28. The highest BCUT2D eigenvalue weighted by atomic mass is 19.4. The lowest BCUT2D eigenvalue weighted by Crippen LogP contribution is -2.79. The molecule has 2 N–H and O–H groups in total. The monoisotopic (exact) mass is 760 g/mol. The molecule has 0 aliphatic heterocycles. The topological polar surface area (TPSA) is 57.5 Å². The molecule has 0 radical (unpaired) electrons. The van der Waals surface area contributed by atoms with Crippen LogP contribution in [-0.4, -0.2) is 100 Å². The van der Waals surface area contributed by atoms with Gasteiger partial charge in [-0.25, -0.2) is 4.79 Å². The maximum Gasteiger partial charge on any atom is 0.460 e. The summed E-state index contributed by atoms with van der Waals surface area (Å²) in [6.07, 6.45) is -8.26. The molecule has 0 aromatic heterocycles. The maximum atomic E-state index is 13.5. The fourth-order valence-corrected chi connectivity index (χ4v) is 2.28. The normalized spacial score (nSPS) is 16.2. The number of carboxylic acids is 1. The van der Waals surface area contributed by atoms with Gasteiger partial charge in [-0.2, -0.15) is 119 Å². The summed E-state index contributed by atoms with van der Waals surface area (Å²) in [7, 11) is 0. The molecule has 0 aliphatic carbocycles. The second-order valence-corrected chi connectivity index (χ2v) is 8.01. The molecule has 0 unspecified atom stereocenters. The average molecular weight is 760 g/mol. The van der Waals surface area contributed by atoms with Gasteiger partial charge in [0.1, 0.15) is 0 Å². The minimum absolute atomic E-state index is 0.250. The van der Waals surface area contributed by atoms with E-state index in [0.717, 1.165) is 0 Å². The summed E-state index contributed by atoms with van der Waals surface area (Å²) in [6, 6.07) is 0. The molecule has 0 heterocycles. The highest BCUT2D eigenvalue weighted by Crippen LogP contribution is 2.68. The first kappa shape index (κ1) is 45.7. The third kappa shape index (κ3) is 5.49. The molecule has 0 atom stereocenters. The second kappa shape index (κ2) is 11.6. The second-order valence-electron chi connectivity index (χ2n) is 8.01. The van der Waals surface area contributed by atoms with Gasteiger partial charge in [0.05, 0.1) is 0 Å². The predicted molar refractivity (Wildman–Crippen MR) is 85.8 cm³/mol. The van der Waals surface area contributed by atoms with Crippen LogP contribution in [0.5, 0.6) is 0 Å². The minimum atomic E-state index is -9.86. The molecule has 0 saturated carbocycles. The van der Waals surface area contributed by atoms with Gasteiger partial charge in [0.25, 0.3) is 0 Å². The minimum Gasteiger partial charge on any atom is -0.477 e. The third-order valence-electron chi connectivity index (χ3n) is 4.96. The Bertz CT molecular complexity index is 1090. The van der Waals surface area contributed by atoms with Crippen LogP contribution in [-0.2, 0) is 4.79 Å². The molecular weight excluding hydrogens is 753 g/mol. The van der Waals surface area contributed by atoms with E-state index < -0.39 is 83.2 Å². The Balaban J connectivity index is 0. The van der Waals surface area contributed by atoms with Crippen LogP contribution in [0.1, 0.15) is 6.92 Å². The highest BCUT2D eigenvalue weighted by molar-refractivity contribution is 5.77. The summed E-state index contributed by atoms with van der Waals surface area (Å²) in [5.74, 6) is -116. The molecule has 46 heavy (non-hydrogen) atoms. The Hall–Kier alpha value is -2.46. The summed E-state index contributed by atoms with van der Waals surface area (Å²) in [5.41, 5.74) is 0. The van der Waals surface area contributed by atoms with Crippen molar-refractivity contribution in [3.63, 3.8) is 0 Å². The molecule has 0 fully saturated rings. The van der Waals surface area contributed by atoms with Gasteiger partial charge in [0, 0.05) is 6.61 Å². The fraction of sp³-hybridized carbons (Fsp3) is 0.938. The van der Waals surface area contributed by atoms with Crippen molar-refractivity contribution in [2.75, 3.05) is 6.61 Å². The van der Waals surface area contributed by atoms with Crippen LogP contribution >= 0.6 is 0 Å². The van der Waals surface area contributed by atoms with Gasteiger partial charge in [-0.15, -0.1) is 0 Å². The summed E-state index contributed by atoms with van der Waals surface area (Å²) >= 11 is 0. The van der Waals surface area contributed by atoms with Crippen molar-refractivity contribution in [1.82, 2.24) is 0 Å². The number of hydrogen-bond acceptors (Lipinski definition) is 2. The molecule has 3 nitrogen and oxygen atoms in total. The third-order valence-corrected chi connectivity index (χ3v) is 4.96. The molecule has 0 saturated heterocycles. The zero-order chi connectivity index (χ0) is 38.8. The van der Waals surface area contributed by atoms with E-state index in [9.17, 15) is 123 Å². The summed E-state index contributed by atoms with van der Waals surface area (Å²) in [6.45, 7) is 1.93. The maximum absolute atomic E-state index is 13.5. The molecule has 0 rings (SSSR count). The lowest BCUT2D eigenvalue weighted by atomic mass is 9.84. The van der Waals surface area contributed by atoms with Gasteiger partial charge in [0.15, 0.2) is 0 Å². The van der Waals surface area contributed by atoms with Crippen molar-refractivity contribution >= 4 is 5.97 Å². The number of aliphatic hydroxyl groups is 1. The lowest BCUT2D eigenvalue weighted by Gasteiger charge is -2.45. The van der Waals surface area contributed by atoms with E-state index in [2.05, 4.69) is 0 Å². The Morgan fingerprint density at radius 1 is 0.370 bits per heavy atom. The first-order valence-electron chi connectivity index (χ1n) is 9.80. The first-order valence-corrected chi connectivity index (χ1v) is 9.80. The van der Waals surface area contributed by atoms with Crippen LogP contribution in [0.3, 0.4) is 0 Å². The first-order chi connectivity index (χ1) is 19.4. The number of aliphatic hydroxyl groups excluding tert-OH is 1. The average Bonchev–Trinajstić information content (AvgIpc) is 2.82. The van der Waals surface area contributed by atoms with Crippen molar-refractivity contribution in [1.29, 1.82) is 0 Å². The number of halogens is 27. The Morgan fingerprint density at radius 2 is 0.500 bits per heavy atom. The molecular formula is C16H7F27O3. The van der Waals surface area contributed by atoms with E-state index in [0.29, 0.717) is 0 Å². The number of carboxylic acid groups (broad SMARTS) is 1. The summed E-state index contributed by atoms with van der Waals surface area (Å²) in [4.78, 5) is 9.89. The largest absolute Gasteiger partial charge is 0.477 e. The Kier molecular flexibility index (Phi) is 11.5. The molecule has 0 aromatic rings. The summed E-state index contributed by atoms with van der Waals surface area (Å²) in [5, 5.41) is 15.2. The van der Waals surface area contributed by atoms with Crippen LogP contribution < -0.4 is 0 Å². The SMILES string of the molecule is CCO.O=C(O)C(F)(F)C(F)(F)C(F)(F)C(F)(F)C(F)(F)C(F)(F)C(F)(F)C(F)(F)C(F)(F)C(F)(F)C(F)(F)C(F)(F)C(F)(F)F. The van der Waals surface area contributed by atoms with E-state index in [-0.39, 0.29) is 6.61 Å². The summed E-state index contributed by atoms with van der Waals surface area (Å²) < 4.78 is 354. The molecule has 0 aliphatic rings. The molecule has 30 heteroatoms. The van der Waals surface area contributed by atoms with Crippen molar-refractivity contribution in [2.45, 2.75) is 84.2 Å². The van der Waals surface area contributed by atoms with Gasteiger partial charge < -0.3 is 10.2 Å². The van der Waals surface area contributed by atoms with E-state index in [4.69, 9.17) is 10.2 Å². The van der Waals surface area contributed by atoms with E-state index in [1.54, 1.807) is 6.92 Å². The van der Waals surface area contributed by atoms with Crippen LogP contribution in [0.2, 0.25) is 0 Å². The van der Waals surface area contributed by atoms with Gasteiger partial charge >= 0.3 is 83.2 Å². The van der Waals surface area contributed by atoms with Gasteiger partial charge in [0.2, 0.25) is 0 Å². The molecule has 0 aromatic carbocycles. The quantitative estimate of drug-likeness (QED) is 0.197. The molecule has 278 valence electrons. The van der Waals surface area contributed by atoms with E-state index >= 15 is 0 Å². The number of carbonyl (C=O) groups is 1. The van der Waals surface area contributed by atoms with Crippen LogP contribution in [0.15, 0.2) is 0 Å². The van der Waals surface area contributed by atoms with Crippen molar-refractivity contribution in [3.8, 4) is 0 Å². The van der Waals surface area contributed by atoms with Crippen molar-refractivity contribution < 1.29 is 134 Å². The molecule has 0 spiro atoms. The zero-order valence-corrected chi connectivity index (χ0v) is 20.2. The number of rotatable bonds is 12. The van der Waals surface area contributed by atoms with Gasteiger partial charge in [-0.3, -0.25) is 0 Å². The Morgan fingerprint density at radius 3 is 0.630 bits per heavy atom. The smallest absolute Gasteiger partial charge is 0.460 e. The van der Waals surface area contributed by atoms with Crippen molar-refractivity contribution in [2.24, 2.45) is 0 Å². The highest BCUT2D eigenvalue weighted by Gasteiger charge is 3.00. The van der Waals surface area contributed by atoms with Gasteiger partial charge in [-0.05, 0) is 6.92 Å². The van der Waals surface area contributed by atoms with Gasteiger partial charge in [-0.1, -0.05) is 0 Å². The van der Waals surface area contributed by atoms with Crippen LogP contribution in [0, 0.1) is 0 Å². The standard InChI is InChI=1S/C14HF27O2.C2H6O/c15-2(16,1(42)43)3(17,18)4(19,20)5(21,22)6(23,24)7(25,26)8(27,28)9(29,30)10(31,32)11(33,34)12(35,36)13(37,38)14(39,40)41;1-2-3/h(H,42,43);3H,2H2,1H3. The Labute approximate surface area is 231 Å². The van der Waals surface area contributed by atoms with Crippen LogP contribution in [0.4, 0.5) is 119 Å². The lowest BCUT2D eigenvalue weighted by molar-refractivity contribution is -0.484. The van der Waals surface area contributed by atoms with E-state index in [1.165, 1.54) is 0 Å². The molecule has 0 amide bonds. The van der Waals surface area contributed by atoms with Crippen LogP contribution in [0.25, 0.3) is 0 Å². The van der Waals surface area contributed by atoms with E-state index in [1.807, 2.05) is 0 Å². The zero-order valence-electron chi connectivity index (χ0n) is 20.2. The number of hydrogen-bond donors (Lipinski definition) is 2. The number of aliphatic carboxylic acids is 1. The van der Waals surface area contributed by atoms with Crippen molar-refractivity contribution in [3.05, 3.63) is 0 Å².